The van der Waals surface area contributed by atoms with Gasteiger partial charge in [-0.25, -0.2) is 9.59 Å². The van der Waals surface area contributed by atoms with Crippen molar-refractivity contribution in [1.82, 2.24) is 0 Å². The van der Waals surface area contributed by atoms with Gasteiger partial charge < -0.3 is 20.4 Å². The lowest BCUT2D eigenvalue weighted by Gasteiger charge is -2.30. The Bertz CT molecular complexity index is 1080. The number of aliphatic hydroxyl groups excluding tert-OH is 2. The van der Waals surface area contributed by atoms with Crippen molar-refractivity contribution in [2.45, 2.75) is 12.8 Å². The monoisotopic (exact) mass is 500 g/mol. The highest BCUT2D eigenvalue weighted by Gasteiger charge is 2.29. The number of carboxylic acids is 2. The van der Waals surface area contributed by atoms with Gasteiger partial charge in [-0.1, -0.05) is 97.1 Å². The van der Waals surface area contributed by atoms with Crippen LogP contribution in [-0.4, -0.2) is 45.6 Å². The number of carbonyl (C=O) groups is 2. The zero-order valence-electron chi connectivity index (χ0n) is 20.5. The summed E-state index contributed by atoms with van der Waals surface area (Å²) in [6.07, 6.45) is 1.35. The van der Waals surface area contributed by atoms with E-state index in [1.807, 2.05) is 60.7 Å². The Kier molecular flexibility index (Phi) is 12.3. The molecule has 0 radical (unpaired) electrons. The van der Waals surface area contributed by atoms with Crippen LogP contribution in [0.2, 0.25) is 0 Å². The molecule has 0 aromatic heterocycles. The summed E-state index contributed by atoms with van der Waals surface area (Å²) < 4.78 is 0. The Morgan fingerprint density at radius 2 is 0.757 bits per heavy atom. The summed E-state index contributed by atoms with van der Waals surface area (Å²) >= 11 is 0. The highest BCUT2D eigenvalue weighted by atomic mass is 16.4. The number of hydrogen-bond acceptors (Lipinski definition) is 4. The van der Waals surface area contributed by atoms with Crippen molar-refractivity contribution in [2.75, 3.05) is 13.2 Å². The van der Waals surface area contributed by atoms with E-state index in [4.69, 9.17) is 10.2 Å². The molecule has 4 rings (SSSR count). The van der Waals surface area contributed by atoms with Crippen molar-refractivity contribution >= 4 is 11.9 Å². The van der Waals surface area contributed by atoms with Gasteiger partial charge in [0, 0.05) is 5.41 Å². The van der Waals surface area contributed by atoms with E-state index in [1.165, 1.54) is 0 Å². The van der Waals surface area contributed by atoms with Crippen molar-refractivity contribution in [2.24, 2.45) is 5.41 Å². The normalized spacial score (nSPS) is 10.2. The van der Waals surface area contributed by atoms with Gasteiger partial charge in [0.25, 0.3) is 0 Å². The number of benzene rings is 4. The van der Waals surface area contributed by atoms with Crippen molar-refractivity contribution in [3.63, 3.8) is 0 Å². The highest BCUT2D eigenvalue weighted by Crippen LogP contribution is 2.27. The predicted molar refractivity (Wildman–Crippen MR) is 144 cm³/mol. The Hall–Kier alpha value is -4.26. The first-order chi connectivity index (χ1) is 17.9. The first-order valence-corrected chi connectivity index (χ1v) is 11.8. The molecule has 0 fully saturated rings. The fourth-order valence-corrected chi connectivity index (χ4v) is 3.56. The molecule has 0 heterocycles. The van der Waals surface area contributed by atoms with Crippen LogP contribution < -0.4 is 0 Å². The van der Waals surface area contributed by atoms with Crippen molar-refractivity contribution in [3.05, 3.63) is 144 Å². The number of carboxylic acid groups (broad SMARTS) is 2. The number of rotatable bonds is 8. The van der Waals surface area contributed by atoms with Gasteiger partial charge in [-0.15, -0.1) is 0 Å². The van der Waals surface area contributed by atoms with Gasteiger partial charge in [0.1, 0.15) is 0 Å². The second kappa shape index (κ2) is 15.7. The minimum absolute atomic E-state index is 0.0205. The van der Waals surface area contributed by atoms with Crippen molar-refractivity contribution < 1.29 is 30.0 Å². The van der Waals surface area contributed by atoms with E-state index < -0.39 is 17.4 Å². The van der Waals surface area contributed by atoms with Crippen LogP contribution >= 0.6 is 0 Å². The van der Waals surface area contributed by atoms with Gasteiger partial charge in [-0.2, -0.15) is 0 Å². The van der Waals surface area contributed by atoms with Crippen LogP contribution in [0.3, 0.4) is 0 Å². The van der Waals surface area contributed by atoms with Crippen LogP contribution in [0.25, 0.3) is 0 Å². The lowest BCUT2D eigenvalue weighted by Crippen LogP contribution is -2.34. The van der Waals surface area contributed by atoms with Crippen LogP contribution in [0, 0.1) is 5.41 Å². The quantitative estimate of drug-likeness (QED) is 0.264. The molecule has 0 aliphatic rings. The average Bonchev–Trinajstić information content (AvgIpc) is 2.95. The second-order valence-electron chi connectivity index (χ2n) is 8.48. The molecule has 0 unspecified atom stereocenters. The molecule has 4 aromatic carbocycles. The number of hydrogen-bond donors (Lipinski definition) is 4. The average molecular weight is 501 g/mol. The molecule has 6 nitrogen and oxygen atoms in total. The Morgan fingerprint density at radius 1 is 0.486 bits per heavy atom. The zero-order valence-corrected chi connectivity index (χ0v) is 20.5. The van der Waals surface area contributed by atoms with E-state index in [0.717, 1.165) is 11.1 Å². The lowest BCUT2D eigenvalue weighted by molar-refractivity contribution is 0.0548. The van der Waals surface area contributed by atoms with Gasteiger partial charge in [0.15, 0.2) is 0 Å². The van der Waals surface area contributed by atoms with Crippen molar-refractivity contribution in [3.8, 4) is 0 Å². The summed E-state index contributed by atoms with van der Waals surface area (Å²) in [6, 6.07) is 36.6. The first-order valence-electron chi connectivity index (χ1n) is 11.8. The molecule has 0 aliphatic carbocycles. The summed E-state index contributed by atoms with van der Waals surface area (Å²) in [5.74, 6) is -1.76. The summed E-state index contributed by atoms with van der Waals surface area (Å²) in [7, 11) is 0. The molecule has 0 aliphatic heterocycles. The van der Waals surface area contributed by atoms with E-state index in [9.17, 15) is 19.8 Å². The lowest BCUT2D eigenvalue weighted by atomic mass is 9.78. The fraction of sp³-hybridized carbons (Fsp3) is 0.161. The summed E-state index contributed by atoms with van der Waals surface area (Å²) in [6.45, 7) is -0.0411. The third kappa shape index (κ3) is 10.5. The summed E-state index contributed by atoms with van der Waals surface area (Å²) in [5, 5.41) is 36.2. The molecule has 4 N–H and O–H groups in total. The molecule has 37 heavy (non-hydrogen) atoms. The predicted octanol–water partition coefficient (Wildman–Crippen LogP) is 5.21. The van der Waals surface area contributed by atoms with Gasteiger partial charge >= 0.3 is 11.9 Å². The van der Waals surface area contributed by atoms with Crippen LogP contribution in [0.15, 0.2) is 121 Å². The Labute approximate surface area is 217 Å². The van der Waals surface area contributed by atoms with Crippen LogP contribution in [-0.2, 0) is 12.8 Å². The van der Waals surface area contributed by atoms with Crippen LogP contribution in [0.4, 0.5) is 0 Å². The molecular formula is C31H32O6. The van der Waals surface area contributed by atoms with Crippen LogP contribution in [0.1, 0.15) is 31.8 Å². The van der Waals surface area contributed by atoms with Gasteiger partial charge in [-0.3, -0.25) is 0 Å². The number of aliphatic hydroxyl groups is 2. The molecular weight excluding hydrogens is 468 g/mol. The minimum atomic E-state index is -0.879. The SMILES string of the molecule is O=C(O)c1ccccc1.O=C(O)c1ccccc1.OCC(CO)(Cc1ccccc1)Cc1ccccc1. The van der Waals surface area contributed by atoms with Gasteiger partial charge in [0.2, 0.25) is 0 Å². The number of aromatic carboxylic acids is 2. The van der Waals surface area contributed by atoms with E-state index in [0.29, 0.717) is 24.0 Å². The second-order valence-corrected chi connectivity index (χ2v) is 8.48. The molecule has 192 valence electrons. The maximum absolute atomic E-state index is 10.2. The minimum Gasteiger partial charge on any atom is -0.478 e. The maximum Gasteiger partial charge on any atom is 0.335 e. The van der Waals surface area contributed by atoms with E-state index in [-0.39, 0.29) is 13.2 Å². The first kappa shape index (κ1) is 29.0. The van der Waals surface area contributed by atoms with E-state index in [1.54, 1.807) is 60.7 Å². The standard InChI is InChI=1S/C17H20O2.2C7H6O2/c18-13-17(14-19,11-15-7-3-1-4-8-15)12-16-9-5-2-6-10-16;2*8-7(9)6-4-2-1-3-5-6/h1-10,18-19H,11-14H2;2*1-5H,(H,8,9). The molecule has 0 bridgehead atoms. The molecule has 0 spiro atoms. The molecule has 0 saturated carbocycles. The fourth-order valence-electron chi connectivity index (χ4n) is 3.56. The summed E-state index contributed by atoms with van der Waals surface area (Å²) in [5.41, 5.74) is 2.45. The Morgan fingerprint density at radius 3 is 0.973 bits per heavy atom. The third-order valence-electron chi connectivity index (χ3n) is 5.56. The third-order valence-corrected chi connectivity index (χ3v) is 5.56. The highest BCUT2D eigenvalue weighted by molar-refractivity contribution is 5.87. The Balaban J connectivity index is 0.000000222. The van der Waals surface area contributed by atoms with Gasteiger partial charge in [-0.05, 0) is 48.2 Å². The molecule has 0 amide bonds. The summed E-state index contributed by atoms with van der Waals surface area (Å²) in [4.78, 5) is 20.4. The van der Waals surface area contributed by atoms with Gasteiger partial charge in [0.05, 0.1) is 24.3 Å². The van der Waals surface area contributed by atoms with Crippen molar-refractivity contribution in [1.29, 1.82) is 0 Å². The molecule has 6 heteroatoms. The maximum atomic E-state index is 10.2. The smallest absolute Gasteiger partial charge is 0.335 e. The van der Waals surface area contributed by atoms with E-state index >= 15 is 0 Å². The topological polar surface area (TPSA) is 115 Å². The molecule has 0 saturated heterocycles. The van der Waals surface area contributed by atoms with Crippen LogP contribution in [0.5, 0.6) is 0 Å². The zero-order chi connectivity index (χ0) is 26.9. The largest absolute Gasteiger partial charge is 0.478 e. The van der Waals surface area contributed by atoms with E-state index in [2.05, 4.69) is 0 Å². The molecule has 0 atom stereocenters. The molecule has 4 aromatic rings.